The van der Waals surface area contributed by atoms with Gasteiger partial charge in [-0.3, -0.25) is 0 Å². The van der Waals surface area contributed by atoms with Crippen molar-refractivity contribution in [3.63, 3.8) is 0 Å². The summed E-state index contributed by atoms with van der Waals surface area (Å²) in [6.45, 7) is 2.71. The second-order valence-electron chi connectivity index (χ2n) is 3.71. The van der Waals surface area contributed by atoms with Gasteiger partial charge in [-0.15, -0.1) is 0 Å². The van der Waals surface area contributed by atoms with E-state index in [1.54, 1.807) is 12.3 Å². The van der Waals surface area contributed by atoms with Crippen LogP contribution in [0, 0.1) is 0 Å². The smallest absolute Gasteiger partial charge is 0.160 e. The Labute approximate surface area is 83.0 Å². The van der Waals surface area contributed by atoms with Crippen molar-refractivity contribution in [2.24, 2.45) is 0 Å². The summed E-state index contributed by atoms with van der Waals surface area (Å²) < 4.78 is 5.62. The van der Waals surface area contributed by atoms with E-state index >= 15 is 0 Å². The third-order valence-corrected chi connectivity index (χ3v) is 2.57. The first-order chi connectivity index (χ1) is 6.74. The molecular weight excluding hydrogens is 180 g/mol. The quantitative estimate of drug-likeness (QED) is 0.763. The molecule has 0 radical (unpaired) electrons. The molecule has 0 aromatic carbocycles. The van der Waals surface area contributed by atoms with Crippen molar-refractivity contribution in [3.8, 4) is 0 Å². The largest absolute Gasteiger partial charge is 0.390 e. The summed E-state index contributed by atoms with van der Waals surface area (Å²) in [6.07, 6.45) is 3.66. The highest BCUT2D eigenvalue weighted by Gasteiger charge is 2.34. The molecule has 1 aromatic heterocycles. The lowest BCUT2D eigenvalue weighted by atomic mass is 10.0. The SMILES string of the molecule is CC1(c2nccc(CO)n2)CCCO1. The lowest BCUT2D eigenvalue weighted by molar-refractivity contribution is 0.00896. The van der Waals surface area contributed by atoms with Gasteiger partial charge in [0, 0.05) is 12.8 Å². The topological polar surface area (TPSA) is 55.2 Å². The van der Waals surface area contributed by atoms with E-state index in [9.17, 15) is 0 Å². The lowest BCUT2D eigenvalue weighted by Crippen LogP contribution is -2.23. The molecule has 2 heterocycles. The Morgan fingerprint density at radius 2 is 2.50 bits per heavy atom. The number of aromatic nitrogens is 2. The summed E-state index contributed by atoms with van der Waals surface area (Å²) in [4.78, 5) is 8.45. The molecule has 1 atom stereocenters. The number of aliphatic hydroxyl groups excluding tert-OH is 1. The maximum Gasteiger partial charge on any atom is 0.160 e. The van der Waals surface area contributed by atoms with E-state index in [1.165, 1.54) is 0 Å². The van der Waals surface area contributed by atoms with Crippen LogP contribution in [-0.4, -0.2) is 21.7 Å². The van der Waals surface area contributed by atoms with E-state index in [0.717, 1.165) is 19.4 Å². The van der Waals surface area contributed by atoms with Gasteiger partial charge < -0.3 is 9.84 Å². The van der Waals surface area contributed by atoms with Gasteiger partial charge in [-0.25, -0.2) is 9.97 Å². The molecule has 4 heteroatoms. The van der Waals surface area contributed by atoms with Crippen LogP contribution in [0.25, 0.3) is 0 Å². The van der Waals surface area contributed by atoms with Crippen molar-refractivity contribution in [2.45, 2.75) is 32.0 Å². The van der Waals surface area contributed by atoms with Crippen LogP contribution in [0.3, 0.4) is 0 Å². The van der Waals surface area contributed by atoms with E-state index in [2.05, 4.69) is 9.97 Å². The van der Waals surface area contributed by atoms with Gasteiger partial charge in [0.25, 0.3) is 0 Å². The van der Waals surface area contributed by atoms with Crippen LogP contribution in [0.15, 0.2) is 12.3 Å². The van der Waals surface area contributed by atoms with Crippen molar-refractivity contribution in [1.82, 2.24) is 9.97 Å². The fourth-order valence-electron chi connectivity index (χ4n) is 1.69. The number of nitrogens with zero attached hydrogens (tertiary/aromatic N) is 2. The maximum atomic E-state index is 8.96. The van der Waals surface area contributed by atoms with E-state index in [1.807, 2.05) is 6.92 Å². The van der Waals surface area contributed by atoms with E-state index in [-0.39, 0.29) is 12.2 Å². The first-order valence-electron chi connectivity index (χ1n) is 4.82. The van der Waals surface area contributed by atoms with E-state index in [4.69, 9.17) is 9.84 Å². The molecule has 1 fully saturated rings. The second kappa shape index (κ2) is 3.63. The Kier molecular flexibility index (Phi) is 2.48. The molecule has 0 bridgehead atoms. The molecule has 14 heavy (non-hydrogen) atoms. The van der Waals surface area contributed by atoms with Gasteiger partial charge in [0.15, 0.2) is 5.82 Å². The first kappa shape index (κ1) is 9.55. The summed E-state index contributed by atoms with van der Waals surface area (Å²) in [6, 6.07) is 1.71. The van der Waals surface area contributed by atoms with Gasteiger partial charge in [-0.2, -0.15) is 0 Å². The Hall–Kier alpha value is -1.00. The number of aliphatic hydroxyl groups is 1. The zero-order chi connectivity index (χ0) is 10.0. The summed E-state index contributed by atoms with van der Waals surface area (Å²) in [5.41, 5.74) is 0.289. The fraction of sp³-hybridized carbons (Fsp3) is 0.600. The summed E-state index contributed by atoms with van der Waals surface area (Å²) in [5, 5.41) is 8.96. The van der Waals surface area contributed by atoms with Crippen LogP contribution in [0.2, 0.25) is 0 Å². The predicted octanol–water partition coefficient (Wildman–Crippen LogP) is 0.994. The molecule has 1 N–H and O–H groups in total. The molecule has 76 valence electrons. The number of rotatable bonds is 2. The van der Waals surface area contributed by atoms with Gasteiger partial charge in [0.2, 0.25) is 0 Å². The van der Waals surface area contributed by atoms with Crippen LogP contribution >= 0.6 is 0 Å². The zero-order valence-corrected chi connectivity index (χ0v) is 8.23. The molecule has 0 amide bonds. The Morgan fingerprint density at radius 1 is 1.64 bits per heavy atom. The van der Waals surface area contributed by atoms with Crippen LogP contribution in [0.1, 0.15) is 31.3 Å². The maximum absolute atomic E-state index is 8.96. The fourth-order valence-corrected chi connectivity index (χ4v) is 1.69. The van der Waals surface area contributed by atoms with Crippen LogP contribution < -0.4 is 0 Å². The monoisotopic (exact) mass is 194 g/mol. The minimum absolute atomic E-state index is 0.0500. The summed E-state index contributed by atoms with van der Waals surface area (Å²) in [5.74, 6) is 0.682. The lowest BCUT2D eigenvalue weighted by Gasteiger charge is -2.21. The third-order valence-electron chi connectivity index (χ3n) is 2.57. The van der Waals surface area contributed by atoms with E-state index < -0.39 is 0 Å². The van der Waals surface area contributed by atoms with Gasteiger partial charge in [-0.1, -0.05) is 0 Å². The average Bonchev–Trinajstić information content (AvgIpc) is 2.67. The number of hydrogen-bond acceptors (Lipinski definition) is 4. The average molecular weight is 194 g/mol. The van der Waals surface area contributed by atoms with Gasteiger partial charge in [0.1, 0.15) is 5.60 Å². The van der Waals surface area contributed by atoms with Gasteiger partial charge in [-0.05, 0) is 25.8 Å². The molecule has 0 saturated carbocycles. The summed E-state index contributed by atoms with van der Waals surface area (Å²) in [7, 11) is 0. The van der Waals surface area contributed by atoms with Crippen LogP contribution in [0.4, 0.5) is 0 Å². The molecule has 4 nitrogen and oxygen atoms in total. The van der Waals surface area contributed by atoms with Crippen LogP contribution in [0.5, 0.6) is 0 Å². The highest BCUT2D eigenvalue weighted by Crippen LogP contribution is 2.33. The molecule has 1 aliphatic heterocycles. The Bertz CT molecular complexity index is 322. The van der Waals surface area contributed by atoms with Crippen molar-refractivity contribution in [2.75, 3.05) is 6.61 Å². The molecule has 1 aromatic rings. The van der Waals surface area contributed by atoms with Crippen molar-refractivity contribution >= 4 is 0 Å². The van der Waals surface area contributed by atoms with Gasteiger partial charge >= 0.3 is 0 Å². The summed E-state index contributed by atoms with van der Waals surface area (Å²) >= 11 is 0. The van der Waals surface area contributed by atoms with Gasteiger partial charge in [0.05, 0.1) is 12.3 Å². The molecule has 1 aliphatic rings. The zero-order valence-electron chi connectivity index (χ0n) is 8.23. The first-order valence-corrected chi connectivity index (χ1v) is 4.82. The number of hydrogen-bond donors (Lipinski definition) is 1. The standard InChI is InChI=1S/C10H14N2O2/c1-10(4-2-6-14-10)9-11-5-3-8(7-13)12-9/h3,5,13H,2,4,6-7H2,1H3. The van der Waals surface area contributed by atoms with Crippen LogP contribution in [-0.2, 0) is 16.9 Å². The minimum atomic E-state index is -0.356. The Balaban J connectivity index is 2.30. The van der Waals surface area contributed by atoms with Crippen molar-refractivity contribution < 1.29 is 9.84 Å². The Morgan fingerprint density at radius 3 is 3.14 bits per heavy atom. The normalized spacial score (nSPS) is 26.7. The second-order valence-corrected chi connectivity index (χ2v) is 3.71. The minimum Gasteiger partial charge on any atom is -0.390 e. The third kappa shape index (κ3) is 1.63. The van der Waals surface area contributed by atoms with Crippen molar-refractivity contribution in [1.29, 1.82) is 0 Å². The molecule has 0 spiro atoms. The highest BCUT2D eigenvalue weighted by molar-refractivity contribution is 5.08. The molecular formula is C10H14N2O2. The molecule has 0 aliphatic carbocycles. The number of ether oxygens (including phenoxy) is 1. The molecule has 1 unspecified atom stereocenters. The predicted molar refractivity (Wildman–Crippen MR) is 50.5 cm³/mol. The molecule has 2 rings (SSSR count). The molecule has 1 saturated heterocycles. The highest BCUT2D eigenvalue weighted by atomic mass is 16.5. The van der Waals surface area contributed by atoms with Crippen molar-refractivity contribution in [3.05, 3.63) is 23.8 Å². The van der Waals surface area contributed by atoms with E-state index in [0.29, 0.717) is 11.5 Å².